The van der Waals surface area contributed by atoms with Crippen LogP contribution in [-0.4, -0.2) is 17.8 Å². The zero-order valence-electron chi connectivity index (χ0n) is 10.7. The molecule has 2 N–H and O–H groups in total. The van der Waals surface area contributed by atoms with E-state index in [0.29, 0.717) is 18.0 Å². The number of benzene rings is 1. The fourth-order valence-corrected chi connectivity index (χ4v) is 1.76. The van der Waals surface area contributed by atoms with Crippen molar-refractivity contribution in [2.45, 2.75) is 33.3 Å². The predicted octanol–water partition coefficient (Wildman–Crippen LogP) is 2.69. The van der Waals surface area contributed by atoms with Gasteiger partial charge in [-0.15, -0.1) is 0 Å². The Morgan fingerprint density at radius 2 is 2.12 bits per heavy atom. The first-order valence-electron chi connectivity index (χ1n) is 5.95. The van der Waals surface area contributed by atoms with Crippen LogP contribution in [-0.2, 0) is 0 Å². The number of aryl methyl sites for hydroxylation is 1. The number of aliphatic hydroxyl groups is 1. The quantitative estimate of drug-likeness (QED) is 0.820. The van der Waals surface area contributed by atoms with E-state index in [2.05, 4.69) is 25.2 Å². The normalized spacial score (nSPS) is 12.2. The molecule has 0 amide bonds. The Hall–Kier alpha value is -1.53. The van der Waals surface area contributed by atoms with Crippen LogP contribution in [0.2, 0.25) is 0 Å². The van der Waals surface area contributed by atoms with E-state index in [1.807, 2.05) is 19.1 Å². The molecule has 1 rings (SSSR count). The minimum absolute atomic E-state index is 0.373. The molecule has 17 heavy (non-hydrogen) atoms. The minimum Gasteiger partial charge on any atom is -0.391 e. The molecule has 0 spiro atoms. The third-order valence-corrected chi connectivity index (χ3v) is 2.57. The molecule has 0 saturated carbocycles. The average molecular weight is 232 g/mol. The summed E-state index contributed by atoms with van der Waals surface area (Å²) in [5.74, 6) is 0.472. The highest BCUT2D eigenvalue weighted by molar-refractivity contribution is 5.58. The monoisotopic (exact) mass is 232 g/mol. The van der Waals surface area contributed by atoms with Gasteiger partial charge in [0.1, 0.15) is 6.07 Å². The molecule has 3 nitrogen and oxygen atoms in total. The van der Waals surface area contributed by atoms with Gasteiger partial charge in [-0.1, -0.05) is 19.9 Å². The first-order valence-corrected chi connectivity index (χ1v) is 5.95. The highest BCUT2D eigenvalue weighted by Crippen LogP contribution is 2.17. The molecule has 0 saturated heterocycles. The summed E-state index contributed by atoms with van der Waals surface area (Å²) in [4.78, 5) is 0. The lowest BCUT2D eigenvalue weighted by molar-refractivity contribution is 0.161. The SMILES string of the molecule is Cc1ccc(C#N)c(NCC(O)CC(C)C)c1. The Labute approximate surface area is 103 Å². The van der Waals surface area contributed by atoms with Crippen molar-refractivity contribution in [1.29, 1.82) is 5.26 Å². The van der Waals surface area contributed by atoms with E-state index in [1.165, 1.54) is 0 Å². The molecule has 0 aliphatic carbocycles. The Morgan fingerprint density at radius 3 is 2.71 bits per heavy atom. The van der Waals surface area contributed by atoms with Crippen LogP contribution in [0, 0.1) is 24.2 Å². The number of nitrogens with one attached hydrogen (secondary N) is 1. The number of aliphatic hydroxyl groups excluding tert-OH is 1. The van der Waals surface area contributed by atoms with Gasteiger partial charge in [0.15, 0.2) is 0 Å². The molecule has 0 aliphatic heterocycles. The summed E-state index contributed by atoms with van der Waals surface area (Å²) in [6.07, 6.45) is 0.391. The summed E-state index contributed by atoms with van der Waals surface area (Å²) in [6, 6.07) is 7.78. The summed E-state index contributed by atoms with van der Waals surface area (Å²) in [6.45, 7) is 6.63. The van der Waals surface area contributed by atoms with Gasteiger partial charge in [-0.2, -0.15) is 5.26 Å². The van der Waals surface area contributed by atoms with Crippen molar-refractivity contribution in [1.82, 2.24) is 0 Å². The Balaban J connectivity index is 2.63. The van der Waals surface area contributed by atoms with Gasteiger partial charge >= 0.3 is 0 Å². The van der Waals surface area contributed by atoms with E-state index in [1.54, 1.807) is 6.07 Å². The molecular weight excluding hydrogens is 212 g/mol. The third-order valence-electron chi connectivity index (χ3n) is 2.57. The van der Waals surface area contributed by atoms with Crippen molar-refractivity contribution in [2.75, 3.05) is 11.9 Å². The molecule has 0 aromatic heterocycles. The van der Waals surface area contributed by atoms with Crippen LogP contribution in [0.3, 0.4) is 0 Å². The number of anilines is 1. The second kappa shape index (κ2) is 6.27. The molecule has 1 aromatic rings. The van der Waals surface area contributed by atoms with E-state index in [0.717, 1.165) is 17.7 Å². The summed E-state index contributed by atoms with van der Waals surface area (Å²) in [5, 5.41) is 21.9. The maximum absolute atomic E-state index is 9.77. The van der Waals surface area contributed by atoms with E-state index < -0.39 is 0 Å². The Morgan fingerprint density at radius 1 is 1.41 bits per heavy atom. The van der Waals surface area contributed by atoms with Gasteiger partial charge in [-0.25, -0.2) is 0 Å². The lowest BCUT2D eigenvalue weighted by Crippen LogP contribution is -2.21. The highest BCUT2D eigenvalue weighted by atomic mass is 16.3. The van der Waals surface area contributed by atoms with Crippen LogP contribution in [0.25, 0.3) is 0 Å². The minimum atomic E-state index is -0.373. The molecule has 1 aromatic carbocycles. The molecule has 1 unspecified atom stereocenters. The first kappa shape index (κ1) is 13.5. The predicted molar refractivity (Wildman–Crippen MR) is 69.8 cm³/mol. The van der Waals surface area contributed by atoms with Crippen LogP contribution in [0.1, 0.15) is 31.4 Å². The largest absolute Gasteiger partial charge is 0.391 e. The maximum atomic E-state index is 9.77. The summed E-state index contributed by atoms with van der Waals surface area (Å²) >= 11 is 0. The molecule has 0 aliphatic rings. The van der Waals surface area contributed by atoms with Crippen molar-refractivity contribution in [2.24, 2.45) is 5.92 Å². The smallest absolute Gasteiger partial charge is 0.101 e. The zero-order chi connectivity index (χ0) is 12.8. The molecule has 0 heterocycles. The van der Waals surface area contributed by atoms with Crippen LogP contribution < -0.4 is 5.32 Å². The summed E-state index contributed by atoms with van der Waals surface area (Å²) < 4.78 is 0. The van der Waals surface area contributed by atoms with Gasteiger partial charge in [0, 0.05) is 6.54 Å². The van der Waals surface area contributed by atoms with Crippen molar-refractivity contribution in [3.05, 3.63) is 29.3 Å². The highest BCUT2D eigenvalue weighted by Gasteiger charge is 2.08. The molecular formula is C14H20N2O. The standard InChI is InChI=1S/C14H20N2O/c1-10(2)6-13(17)9-16-14-7-11(3)4-5-12(14)8-15/h4-5,7,10,13,16-17H,6,9H2,1-3H3. The van der Waals surface area contributed by atoms with Gasteiger partial charge in [0.05, 0.1) is 17.4 Å². The van der Waals surface area contributed by atoms with Gasteiger partial charge in [-0.3, -0.25) is 0 Å². The Bertz CT molecular complexity index is 407. The number of hydrogen-bond acceptors (Lipinski definition) is 3. The van der Waals surface area contributed by atoms with Crippen LogP contribution in [0.4, 0.5) is 5.69 Å². The fraction of sp³-hybridized carbons (Fsp3) is 0.500. The van der Waals surface area contributed by atoms with Crippen molar-refractivity contribution >= 4 is 5.69 Å². The molecule has 1 atom stereocenters. The number of nitrogens with zero attached hydrogens (tertiary/aromatic N) is 1. The molecule has 3 heteroatoms. The van der Waals surface area contributed by atoms with E-state index in [-0.39, 0.29) is 6.10 Å². The van der Waals surface area contributed by atoms with Gasteiger partial charge in [-0.05, 0) is 37.0 Å². The first-order chi connectivity index (χ1) is 8.02. The van der Waals surface area contributed by atoms with Crippen molar-refractivity contribution < 1.29 is 5.11 Å². The third kappa shape index (κ3) is 4.46. The fourth-order valence-electron chi connectivity index (χ4n) is 1.76. The van der Waals surface area contributed by atoms with Crippen molar-refractivity contribution in [3.63, 3.8) is 0 Å². The second-order valence-electron chi connectivity index (χ2n) is 4.83. The Kier molecular flexibility index (Phi) is 4.99. The van der Waals surface area contributed by atoms with Crippen LogP contribution in [0.5, 0.6) is 0 Å². The summed E-state index contributed by atoms with van der Waals surface area (Å²) in [7, 11) is 0. The lowest BCUT2D eigenvalue weighted by Gasteiger charge is -2.15. The van der Waals surface area contributed by atoms with Gasteiger partial charge < -0.3 is 10.4 Å². The molecule has 92 valence electrons. The second-order valence-corrected chi connectivity index (χ2v) is 4.83. The molecule has 0 radical (unpaired) electrons. The topological polar surface area (TPSA) is 56.0 Å². The molecule has 0 fully saturated rings. The number of hydrogen-bond donors (Lipinski definition) is 2. The molecule has 0 bridgehead atoms. The van der Waals surface area contributed by atoms with E-state index in [9.17, 15) is 5.11 Å². The van der Waals surface area contributed by atoms with Crippen molar-refractivity contribution in [3.8, 4) is 6.07 Å². The van der Waals surface area contributed by atoms with E-state index >= 15 is 0 Å². The number of nitriles is 1. The average Bonchev–Trinajstić information content (AvgIpc) is 2.25. The van der Waals surface area contributed by atoms with Gasteiger partial charge in [0.25, 0.3) is 0 Å². The van der Waals surface area contributed by atoms with E-state index in [4.69, 9.17) is 5.26 Å². The van der Waals surface area contributed by atoms with Gasteiger partial charge in [0.2, 0.25) is 0 Å². The zero-order valence-corrected chi connectivity index (χ0v) is 10.7. The number of rotatable bonds is 5. The maximum Gasteiger partial charge on any atom is 0.101 e. The van der Waals surface area contributed by atoms with Crippen LogP contribution >= 0.6 is 0 Å². The lowest BCUT2D eigenvalue weighted by atomic mass is 10.1. The van der Waals surface area contributed by atoms with Crippen LogP contribution in [0.15, 0.2) is 18.2 Å². The summed E-state index contributed by atoms with van der Waals surface area (Å²) in [5.41, 5.74) is 2.52.